The molecule has 2 aromatic rings. The molecule has 1 saturated heterocycles. The van der Waals surface area contributed by atoms with Crippen molar-refractivity contribution in [2.24, 2.45) is 17.3 Å². The van der Waals surface area contributed by atoms with Gasteiger partial charge >= 0.3 is 12.1 Å². The molecule has 0 radical (unpaired) electrons. The summed E-state index contributed by atoms with van der Waals surface area (Å²) in [5, 5.41) is 6.92. The lowest BCUT2D eigenvalue weighted by molar-refractivity contribution is -0.00969. The fraction of sp³-hybridized carbons (Fsp3) is 0.484. The maximum atomic E-state index is 13.5. The first-order chi connectivity index (χ1) is 19.1. The molecular formula is C31H39Cl2N5O2. The summed E-state index contributed by atoms with van der Waals surface area (Å²) < 4.78 is 0. The van der Waals surface area contributed by atoms with Crippen LogP contribution in [0.4, 0.5) is 21.0 Å². The van der Waals surface area contributed by atoms with E-state index in [0.29, 0.717) is 53.2 Å². The molecule has 1 saturated carbocycles. The van der Waals surface area contributed by atoms with Gasteiger partial charge in [0.25, 0.3) is 0 Å². The van der Waals surface area contributed by atoms with Gasteiger partial charge in [-0.25, -0.2) is 9.59 Å². The number of fused-ring (bicyclic) bond motifs is 1. The monoisotopic (exact) mass is 583 g/mol. The highest BCUT2D eigenvalue weighted by atomic mass is 35.5. The number of benzene rings is 2. The van der Waals surface area contributed by atoms with Crippen LogP contribution in [-0.2, 0) is 0 Å². The van der Waals surface area contributed by atoms with Gasteiger partial charge in [0.15, 0.2) is 0 Å². The summed E-state index contributed by atoms with van der Waals surface area (Å²) in [6, 6.07) is 12.7. The third-order valence-electron chi connectivity index (χ3n) is 9.15. The standard InChI is InChI=1S/C31H39Cl2N5O2/c1-21-6-4-5-7-28(21)35-30(40)37-15-12-36(13-16-37)14-17-38(20-22-8-9-23-18-25(22)31(23,2)3)29(39)34-24-10-11-26(32)27(33)19-24/h4-8,10-11,19,23,25H,9,12-18,20H2,1-3H3,(H,34,39)(H,35,40). The second kappa shape index (κ2) is 12.0. The average molecular weight is 585 g/mol. The lowest BCUT2D eigenvalue weighted by atomic mass is 9.49. The van der Waals surface area contributed by atoms with Crippen LogP contribution in [0.1, 0.15) is 32.3 Å². The normalized spacial score (nSPS) is 21.7. The Morgan fingerprint density at radius 3 is 2.45 bits per heavy atom. The van der Waals surface area contributed by atoms with E-state index in [-0.39, 0.29) is 12.1 Å². The summed E-state index contributed by atoms with van der Waals surface area (Å²) in [7, 11) is 0. The first-order valence-electron chi connectivity index (χ1n) is 14.2. The van der Waals surface area contributed by atoms with Gasteiger partial charge in [-0.1, -0.05) is 66.9 Å². The SMILES string of the molecule is Cc1ccccc1NC(=O)N1CCN(CCN(CC2=CCC3CC2C3(C)C)C(=O)Nc2ccc(Cl)c(Cl)c2)CC1. The molecular weight excluding hydrogens is 545 g/mol. The van der Waals surface area contributed by atoms with E-state index in [1.54, 1.807) is 18.2 Å². The van der Waals surface area contributed by atoms with E-state index in [4.69, 9.17) is 23.2 Å². The zero-order chi connectivity index (χ0) is 28.4. The molecule has 2 aromatic carbocycles. The smallest absolute Gasteiger partial charge is 0.322 e. The lowest BCUT2D eigenvalue weighted by Crippen LogP contribution is -2.53. The summed E-state index contributed by atoms with van der Waals surface area (Å²) in [6.45, 7) is 11.5. The number of hydrogen-bond donors (Lipinski definition) is 2. The molecule has 0 spiro atoms. The lowest BCUT2D eigenvalue weighted by Gasteiger charge is -2.57. The van der Waals surface area contributed by atoms with Crippen molar-refractivity contribution in [2.75, 3.05) is 56.4 Å². The van der Waals surface area contributed by atoms with Crippen molar-refractivity contribution in [1.29, 1.82) is 0 Å². The van der Waals surface area contributed by atoms with E-state index in [0.717, 1.165) is 43.2 Å². The molecule has 0 aromatic heterocycles. The van der Waals surface area contributed by atoms with Crippen LogP contribution in [0.2, 0.25) is 10.0 Å². The number of aryl methyl sites for hydroxylation is 1. The Balaban J connectivity index is 1.19. The van der Waals surface area contributed by atoms with Gasteiger partial charge in [0, 0.05) is 57.2 Å². The number of carbonyl (C=O) groups is 2. The molecule has 3 aliphatic carbocycles. The number of piperazine rings is 1. The zero-order valence-electron chi connectivity index (χ0n) is 23.6. The van der Waals surface area contributed by atoms with Crippen molar-refractivity contribution < 1.29 is 9.59 Å². The minimum absolute atomic E-state index is 0.0674. The Labute approximate surface area is 247 Å². The highest BCUT2D eigenvalue weighted by Gasteiger charge is 2.51. The van der Waals surface area contributed by atoms with Gasteiger partial charge in [-0.2, -0.15) is 0 Å². The predicted octanol–water partition coefficient (Wildman–Crippen LogP) is 6.98. The predicted molar refractivity (Wildman–Crippen MR) is 163 cm³/mol. The van der Waals surface area contributed by atoms with Crippen molar-refractivity contribution in [3.8, 4) is 0 Å². The minimum atomic E-state index is -0.144. The average Bonchev–Trinajstić information content (AvgIpc) is 2.94. The number of hydrogen-bond acceptors (Lipinski definition) is 3. The van der Waals surface area contributed by atoms with Gasteiger partial charge in [-0.05, 0) is 66.8 Å². The molecule has 9 heteroatoms. The number of amides is 4. The summed E-state index contributed by atoms with van der Waals surface area (Å²) in [5.74, 6) is 1.28. The third-order valence-corrected chi connectivity index (χ3v) is 9.89. The largest absolute Gasteiger partial charge is 0.322 e. The quantitative estimate of drug-likeness (QED) is 0.345. The molecule has 2 bridgehead atoms. The van der Waals surface area contributed by atoms with Crippen molar-refractivity contribution in [1.82, 2.24) is 14.7 Å². The maximum Gasteiger partial charge on any atom is 0.322 e. The van der Waals surface area contributed by atoms with E-state index in [2.05, 4.69) is 35.5 Å². The molecule has 2 atom stereocenters. The molecule has 1 heterocycles. The summed E-state index contributed by atoms with van der Waals surface area (Å²) >= 11 is 12.3. The molecule has 2 unspecified atom stereocenters. The van der Waals surface area contributed by atoms with Gasteiger partial charge < -0.3 is 20.4 Å². The van der Waals surface area contributed by atoms with Gasteiger partial charge in [0.05, 0.1) is 10.0 Å². The van der Waals surface area contributed by atoms with Gasteiger partial charge in [0.1, 0.15) is 0 Å². The van der Waals surface area contributed by atoms with Crippen LogP contribution < -0.4 is 10.6 Å². The van der Waals surface area contributed by atoms with Crippen LogP contribution >= 0.6 is 23.2 Å². The first kappa shape index (κ1) is 28.8. The summed E-state index contributed by atoms with van der Waals surface area (Å²) in [6.07, 6.45) is 4.66. The topological polar surface area (TPSA) is 67.9 Å². The van der Waals surface area contributed by atoms with Crippen molar-refractivity contribution in [2.45, 2.75) is 33.6 Å². The molecule has 6 rings (SSSR count). The minimum Gasteiger partial charge on any atom is -0.322 e. The third kappa shape index (κ3) is 6.27. The van der Waals surface area contributed by atoms with E-state index in [9.17, 15) is 9.59 Å². The Kier molecular flexibility index (Phi) is 8.64. The zero-order valence-corrected chi connectivity index (χ0v) is 25.1. The molecule has 40 heavy (non-hydrogen) atoms. The number of urea groups is 2. The Bertz CT molecular complexity index is 1290. The Morgan fingerprint density at radius 1 is 1.02 bits per heavy atom. The van der Waals surface area contributed by atoms with Crippen molar-refractivity contribution in [3.63, 3.8) is 0 Å². The highest BCUT2D eigenvalue weighted by Crippen LogP contribution is 2.59. The fourth-order valence-corrected chi connectivity index (χ4v) is 6.55. The van der Waals surface area contributed by atoms with Crippen LogP contribution in [-0.4, -0.2) is 72.6 Å². The fourth-order valence-electron chi connectivity index (χ4n) is 6.25. The molecule has 1 aliphatic heterocycles. The Hall–Kier alpha value is -2.74. The summed E-state index contributed by atoms with van der Waals surface area (Å²) in [4.78, 5) is 32.4. The van der Waals surface area contributed by atoms with Crippen molar-refractivity contribution in [3.05, 3.63) is 69.7 Å². The van der Waals surface area contributed by atoms with Crippen molar-refractivity contribution >= 4 is 46.6 Å². The Morgan fingerprint density at radius 2 is 1.77 bits per heavy atom. The molecule has 214 valence electrons. The van der Waals surface area contributed by atoms with Crippen LogP contribution in [0.25, 0.3) is 0 Å². The second-order valence-electron chi connectivity index (χ2n) is 11.9. The number of nitrogens with one attached hydrogen (secondary N) is 2. The highest BCUT2D eigenvalue weighted by molar-refractivity contribution is 6.42. The van der Waals surface area contributed by atoms with E-state index >= 15 is 0 Å². The number of allylic oxidation sites excluding steroid dienone is 1. The number of nitrogens with zero attached hydrogens (tertiary/aromatic N) is 3. The van der Waals surface area contributed by atoms with Crippen LogP contribution in [0.5, 0.6) is 0 Å². The molecule has 4 amide bonds. The van der Waals surface area contributed by atoms with Crippen LogP contribution in [0, 0.1) is 24.2 Å². The first-order valence-corrected chi connectivity index (χ1v) is 14.9. The number of anilines is 2. The van der Waals surface area contributed by atoms with E-state index in [1.165, 1.54) is 12.0 Å². The number of rotatable bonds is 7. The summed E-state index contributed by atoms with van der Waals surface area (Å²) in [5.41, 5.74) is 4.18. The number of halogens is 2. The molecule has 2 fully saturated rings. The number of carbonyl (C=O) groups excluding carboxylic acids is 2. The van der Waals surface area contributed by atoms with Crippen LogP contribution in [0.15, 0.2) is 54.1 Å². The van der Waals surface area contributed by atoms with E-state index < -0.39 is 0 Å². The van der Waals surface area contributed by atoms with E-state index in [1.807, 2.05) is 41.0 Å². The van der Waals surface area contributed by atoms with Gasteiger partial charge in [-0.3, -0.25) is 4.90 Å². The molecule has 7 nitrogen and oxygen atoms in total. The second-order valence-corrected chi connectivity index (χ2v) is 12.7. The van der Waals surface area contributed by atoms with Gasteiger partial charge in [0.2, 0.25) is 0 Å². The van der Waals surface area contributed by atoms with Gasteiger partial charge in [-0.15, -0.1) is 0 Å². The maximum absolute atomic E-state index is 13.5. The van der Waals surface area contributed by atoms with Crippen LogP contribution in [0.3, 0.4) is 0 Å². The molecule has 4 aliphatic rings. The molecule has 2 N–H and O–H groups in total. The number of para-hydroxylation sites is 1.